The van der Waals surface area contributed by atoms with Gasteiger partial charge in [-0.05, 0) is 19.8 Å². The van der Waals surface area contributed by atoms with Crippen molar-refractivity contribution in [2.45, 2.75) is 44.8 Å². The summed E-state index contributed by atoms with van der Waals surface area (Å²) in [6.45, 7) is 3.34. The third kappa shape index (κ3) is 4.62. The number of nitrogens with two attached hydrogens (primary N) is 1. The van der Waals surface area contributed by atoms with E-state index in [1.807, 2.05) is 4.90 Å². The van der Waals surface area contributed by atoms with Crippen molar-refractivity contribution in [3.63, 3.8) is 0 Å². The molecule has 1 aliphatic rings. The molecule has 0 aromatic heterocycles. The molecule has 0 saturated carbocycles. The molecule has 4 N–H and O–H groups in total. The van der Waals surface area contributed by atoms with E-state index >= 15 is 0 Å². The van der Waals surface area contributed by atoms with Gasteiger partial charge in [0.05, 0.1) is 6.04 Å². The highest BCUT2D eigenvalue weighted by Crippen LogP contribution is 2.10. The number of rotatable bonds is 5. The lowest BCUT2D eigenvalue weighted by atomic mass is 10.2. The average Bonchev–Trinajstić information content (AvgIpc) is 2.63. The van der Waals surface area contributed by atoms with E-state index in [2.05, 4.69) is 5.32 Å². The first-order chi connectivity index (χ1) is 8.52. The van der Waals surface area contributed by atoms with Crippen LogP contribution in [0, 0.1) is 0 Å². The highest BCUT2D eigenvalue weighted by atomic mass is 16.3. The fourth-order valence-electron chi connectivity index (χ4n) is 2.04. The van der Waals surface area contributed by atoms with Gasteiger partial charge >= 0.3 is 0 Å². The molecule has 0 spiro atoms. The molecule has 1 heterocycles. The monoisotopic (exact) mass is 257 g/mol. The molecule has 0 radical (unpaired) electrons. The lowest BCUT2D eigenvalue weighted by Crippen LogP contribution is -2.48. The summed E-state index contributed by atoms with van der Waals surface area (Å²) in [5, 5.41) is 12.1. The second-order valence-electron chi connectivity index (χ2n) is 4.79. The van der Waals surface area contributed by atoms with E-state index in [4.69, 9.17) is 5.73 Å². The number of aliphatic hydroxyl groups excluding tert-OH is 1. The van der Waals surface area contributed by atoms with Crippen LogP contribution < -0.4 is 11.1 Å². The summed E-state index contributed by atoms with van der Waals surface area (Å²) >= 11 is 0. The smallest absolute Gasteiger partial charge is 0.247 e. The number of aliphatic hydroxyl groups is 1. The van der Waals surface area contributed by atoms with Gasteiger partial charge in [0.15, 0.2) is 0 Å². The molecule has 1 aliphatic heterocycles. The van der Waals surface area contributed by atoms with Crippen LogP contribution in [0.4, 0.5) is 0 Å². The molecule has 2 unspecified atom stereocenters. The van der Waals surface area contributed by atoms with Gasteiger partial charge in [-0.15, -0.1) is 0 Å². The van der Waals surface area contributed by atoms with Crippen molar-refractivity contribution in [2.24, 2.45) is 5.73 Å². The van der Waals surface area contributed by atoms with Gasteiger partial charge < -0.3 is 21.1 Å². The predicted molar refractivity (Wildman–Crippen MR) is 67.7 cm³/mol. The summed E-state index contributed by atoms with van der Waals surface area (Å²) in [7, 11) is 0. The van der Waals surface area contributed by atoms with Crippen LogP contribution in [0.15, 0.2) is 0 Å². The van der Waals surface area contributed by atoms with Crippen LogP contribution >= 0.6 is 0 Å². The second-order valence-corrected chi connectivity index (χ2v) is 4.79. The normalized spacial score (nSPS) is 20.0. The second kappa shape index (κ2) is 7.33. The maximum absolute atomic E-state index is 12.1. The Morgan fingerprint density at radius 2 is 1.83 bits per heavy atom. The Labute approximate surface area is 108 Å². The molecule has 1 saturated heterocycles. The SMILES string of the molecule is CC(NCC(O)C(N)=O)C(=O)N1CCCCCC1. The molecule has 18 heavy (non-hydrogen) atoms. The number of hydrogen-bond donors (Lipinski definition) is 3. The van der Waals surface area contributed by atoms with E-state index in [-0.39, 0.29) is 12.5 Å². The Kier molecular flexibility index (Phi) is 6.07. The maximum Gasteiger partial charge on any atom is 0.247 e. The molecular weight excluding hydrogens is 234 g/mol. The van der Waals surface area contributed by atoms with Gasteiger partial charge in [-0.1, -0.05) is 12.8 Å². The lowest BCUT2D eigenvalue weighted by Gasteiger charge is -2.25. The Hall–Kier alpha value is -1.14. The number of nitrogens with zero attached hydrogens (tertiary/aromatic N) is 1. The molecule has 0 aliphatic carbocycles. The van der Waals surface area contributed by atoms with Crippen LogP contribution in [0.25, 0.3) is 0 Å². The van der Waals surface area contributed by atoms with Gasteiger partial charge in [-0.3, -0.25) is 9.59 Å². The highest BCUT2D eigenvalue weighted by Gasteiger charge is 2.22. The first-order valence-corrected chi connectivity index (χ1v) is 6.52. The van der Waals surface area contributed by atoms with E-state index in [9.17, 15) is 14.7 Å². The van der Waals surface area contributed by atoms with Crippen LogP contribution in [-0.2, 0) is 9.59 Å². The first-order valence-electron chi connectivity index (χ1n) is 6.52. The molecule has 6 nitrogen and oxygen atoms in total. The number of carbonyl (C=O) groups is 2. The van der Waals surface area contributed by atoms with Crippen LogP contribution in [0.5, 0.6) is 0 Å². The van der Waals surface area contributed by atoms with Gasteiger partial charge in [0.1, 0.15) is 6.10 Å². The van der Waals surface area contributed by atoms with E-state index < -0.39 is 18.1 Å². The minimum Gasteiger partial charge on any atom is -0.382 e. The topological polar surface area (TPSA) is 95.7 Å². The largest absolute Gasteiger partial charge is 0.382 e. The van der Waals surface area contributed by atoms with Gasteiger partial charge in [-0.2, -0.15) is 0 Å². The summed E-state index contributed by atoms with van der Waals surface area (Å²) < 4.78 is 0. The summed E-state index contributed by atoms with van der Waals surface area (Å²) in [5.41, 5.74) is 4.94. The molecule has 1 fully saturated rings. The van der Waals surface area contributed by atoms with Crippen molar-refractivity contribution in [1.82, 2.24) is 10.2 Å². The minimum atomic E-state index is -1.25. The first kappa shape index (κ1) is 14.9. The van der Waals surface area contributed by atoms with Crippen molar-refractivity contribution in [2.75, 3.05) is 19.6 Å². The molecule has 1 rings (SSSR count). The van der Waals surface area contributed by atoms with Crippen molar-refractivity contribution in [3.8, 4) is 0 Å². The Bertz CT molecular complexity index is 288. The lowest BCUT2D eigenvalue weighted by molar-refractivity contribution is -0.133. The fourth-order valence-corrected chi connectivity index (χ4v) is 2.04. The molecule has 0 aromatic carbocycles. The van der Waals surface area contributed by atoms with Crippen molar-refractivity contribution >= 4 is 11.8 Å². The van der Waals surface area contributed by atoms with Crippen molar-refractivity contribution in [3.05, 3.63) is 0 Å². The predicted octanol–water partition coefficient (Wildman–Crippen LogP) is -0.787. The van der Waals surface area contributed by atoms with Crippen LogP contribution in [0.3, 0.4) is 0 Å². The van der Waals surface area contributed by atoms with Crippen molar-refractivity contribution < 1.29 is 14.7 Å². The molecule has 6 heteroatoms. The van der Waals surface area contributed by atoms with Gasteiger partial charge in [0, 0.05) is 19.6 Å². The molecule has 0 bridgehead atoms. The van der Waals surface area contributed by atoms with Crippen LogP contribution in [-0.4, -0.2) is 53.6 Å². The highest BCUT2D eigenvalue weighted by molar-refractivity contribution is 5.82. The van der Waals surface area contributed by atoms with E-state index in [0.29, 0.717) is 0 Å². The number of carbonyl (C=O) groups excluding carboxylic acids is 2. The zero-order chi connectivity index (χ0) is 13.5. The van der Waals surface area contributed by atoms with E-state index in [0.717, 1.165) is 25.9 Å². The number of likely N-dealkylation sites (tertiary alicyclic amines) is 1. The third-order valence-corrected chi connectivity index (χ3v) is 3.23. The molecular formula is C12H23N3O3. The average molecular weight is 257 g/mol. The Morgan fingerprint density at radius 3 is 2.33 bits per heavy atom. The van der Waals surface area contributed by atoms with E-state index in [1.54, 1.807) is 6.92 Å². The van der Waals surface area contributed by atoms with Crippen LogP contribution in [0.1, 0.15) is 32.6 Å². The molecule has 2 atom stereocenters. The van der Waals surface area contributed by atoms with Gasteiger partial charge in [0.2, 0.25) is 11.8 Å². The Balaban J connectivity index is 2.37. The maximum atomic E-state index is 12.1. The summed E-state index contributed by atoms with van der Waals surface area (Å²) in [6, 6.07) is -0.405. The van der Waals surface area contributed by atoms with E-state index in [1.165, 1.54) is 12.8 Å². The standard InChI is InChI=1S/C12H23N3O3/c1-9(14-8-10(16)11(13)17)12(18)15-6-4-2-3-5-7-15/h9-10,14,16H,2-8H2,1H3,(H2,13,17). The molecule has 0 aromatic rings. The Morgan fingerprint density at radius 1 is 1.28 bits per heavy atom. The van der Waals surface area contributed by atoms with Crippen molar-refractivity contribution in [1.29, 1.82) is 0 Å². The quantitative estimate of drug-likeness (QED) is 0.601. The zero-order valence-corrected chi connectivity index (χ0v) is 10.9. The van der Waals surface area contributed by atoms with Crippen LogP contribution in [0.2, 0.25) is 0 Å². The zero-order valence-electron chi connectivity index (χ0n) is 10.9. The third-order valence-electron chi connectivity index (χ3n) is 3.23. The van der Waals surface area contributed by atoms with Gasteiger partial charge in [-0.25, -0.2) is 0 Å². The number of hydrogen-bond acceptors (Lipinski definition) is 4. The fraction of sp³-hybridized carbons (Fsp3) is 0.833. The number of primary amides is 1. The molecule has 104 valence electrons. The van der Waals surface area contributed by atoms with Gasteiger partial charge in [0.25, 0.3) is 0 Å². The number of nitrogens with one attached hydrogen (secondary N) is 1. The minimum absolute atomic E-state index is 0.0100. The summed E-state index contributed by atoms with van der Waals surface area (Å²) in [6.07, 6.45) is 3.19. The number of amides is 2. The summed E-state index contributed by atoms with van der Waals surface area (Å²) in [4.78, 5) is 24.6. The summed E-state index contributed by atoms with van der Waals surface area (Å²) in [5.74, 6) is -0.759. The molecule has 2 amide bonds.